The number of sulfone groups is 2. The molecule has 0 atom stereocenters. The highest BCUT2D eigenvalue weighted by atomic mass is 32.2. The molecule has 4 rings (SSSR count). The number of nitrogens with one attached hydrogen (secondary N) is 2. The summed E-state index contributed by atoms with van der Waals surface area (Å²) >= 11 is 0. The molecule has 34 heavy (non-hydrogen) atoms. The highest BCUT2D eigenvalue weighted by Crippen LogP contribution is 2.27. The maximum Gasteiger partial charge on any atom is 0.241 e. The van der Waals surface area contributed by atoms with Crippen LogP contribution in [0.15, 0.2) is 86.1 Å². The van der Waals surface area contributed by atoms with Crippen molar-refractivity contribution in [2.24, 2.45) is 0 Å². The van der Waals surface area contributed by atoms with Gasteiger partial charge in [-0.25, -0.2) is 25.3 Å². The molecule has 0 aliphatic rings. The molecule has 0 radical (unpaired) electrons. The number of anilines is 1. The van der Waals surface area contributed by atoms with Gasteiger partial charge in [-0.1, -0.05) is 36.4 Å². The van der Waals surface area contributed by atoms with Crippen LogP contribution in [0.1, 0.15) is 11.8 Å². The van der Waals surface area contributed by atoms with Gasteiger partial charge in [0, 0.05) is 5.69 Å². The van der Waals surface area contributed by atoms with E-state index >= 15 is 0 Å². The monoisotopic (exact) mass is 523 g/mol. The predicted octanol–water partition coefficient (Wildman–Crippen LogP) is 1.54. The fourth-order valence-corrected chi connectivity index (χ4v) is 7.02. The van der Waals surface area contributed by atoms with Gasteiger partial charge in [0.15, 0.2) is 14.9 Å². The first-order chi connectivity index (χ1) is 16.1. The van der Waals surface area contributed by atoms with Gasteiger partial charge in [-0.05, 0) is 24.3 Å². The molecule has 2 aromatic carbocycles. The number of aromatic nitrogens is 4. The van der Waals surface area contributed by atoms with Crippen molar-refractivity contribution in [2.75, 3.05) is 4.72 Å². The van der Waals surface area contributed by atoms with E-state index in [9.17, 15) is 25.3 Å². The van der Waals surface area contributed by atoms with Crippen LogP contribution in [0.4, 0.5) is 5.69 Å². The Balaban J connectivity index is 1.53. The Kier molecular flexibility index (Phi) is 6.24. The Morgan fingerprint density at radius 3 is 2.03 bits per heavy atom. The van der Waals surface area contributed by atoms with Crippen molar-refractivity contribution in [3.8, 4) is 0 Å². The van der Waals surface area contributed by atoms with Gasteiger partial charge in [-0.3, -0.25) is 9.82 Å². The average molecular weight is 524 g/mol. The Morgan fingerprint density at radius 2 is 1.38 bits per heavy atom. The largest absolute Gasteiger partial charge is 0.423 e. The number of nitrogens with zero attached hydrogens (tertiary/aromatic N) is 3. The molecule has 0 saturated carbocycles. The molecule has 0 saturated heterocycles. The Morgan fingerprint density at radius 1 is 0.794 bits per heavy atom. The molecule has 12 nitrogen and oxygen atoms in total. The van der Waals surface area contributed by atoms with Crippen LogP contribution in [0.25, 0.3) is 0 Å². The number of para-hydroxylation sites is 1. The number of benzene rings is 2. The normalized spacial score (nSPS) is 12.5. The van der Waals surface area contributed by atoms with Crippen molar-refractivity contribution >= 4 is 35.4 Å². The lowest BCUT2D eigenvalue weighted by Crippen LogP contribution is -2.15. The molecule has 0 fully saturated rings. The molecule has 2 heterocycles. The molecule has 0 unspecified atom stereocenters. The van der Waals surface area contributed by atoms with Gasteiger partial charge in [0.05, 0.1) is 11.1 Å². The van der Waals surface area contributed by atoms with E-state index in [2.05, 4.69) is 25.1 Å². The van der Waals surface area contributed by atoms with Crippen LogP contribution >= 0.6 is 0 Å². The third-order valence-electron chi connectivity index (χ3n) is 4.41. The zero-order valence-corrected chi connectivity index (χ0v) is 19.6. The summed E-state index contributed by atoms with van der Waals surface area (Å²) in [6.07, 6.45) is 0.872. The zero-order valence-electron chi connectivity index (χ0n) is 17.2. The highest BCUT2D eigenvalue weighted by molar-refractivity contribution is 7.94. The summed E-state index contributed by atoms with van der Waals surface area (Å²) in [5.41, 5.74) is 0.330. The Hall–Kier alpha value is -3.56. The molecule has 0 bridgehead atoms. The maximum absolute atomic E-state index is 12.9. The second kappa shape index (κ2) is 9.00. The van der Waals surface area contributed by atoms with Gasteiger partial charge >= 0.3 is 0 Å². The number of rotatable bonds is 9. The molecular weight excluding hydrogens is 506 g/mol. The van der Waals surface area contributed by atoms with Crippen LogP contribution in [0.3, 0.4) is 0 Å². The van der Waals surface area contributed by atoms with E-state index in [4.69, 9.17) is 4.42 Å². The predicted molar refractivity (Wildman–Crippen MR) is 118 cm³/mol. The molecular formula is C19H17N5O7S3. The first kappa shape index (κ1) is 23.6. The third kappa shape index (κ3) is 5.16. The van der Waals surface area contributed by atoms with Gasteiger partial charge in [-0.2, -0.15) is 5.10 Å². The quantitative estimate of drug-likeness (QED) is 0.326. The second-order valence-electron chi connectivity index (χ2n) is 6.96. The number of sulfonamides is 1. The SMILES string of the molecule is O=S(=O)(Cc1nnc(CS(=O)(=O)c2cn[nH]c2S(=O)(=O)c2ccccc2)o1)Nc1ccccc1. The van der Waals surface area contributed by atoms with Crippen LogP contribution < -0.4 is 4.72 Å². The highest BCUT2D eigenvalue weighted by Gasteiger charge is 2.32. The topological polar surface area (TPSA) is 182 Å². The smallest absolute Gasteiger partial charge is 0.241 e. The summed E-state index contributed by atoms with van der Waals surface area (Å²) in [6, 6.07) is 15.4. The number of hydrogen-bond donors (Lipinski definition) is 2. The van der Waals surface area contributed by atoms with Crippen LogP contribution in [-0.4, -0.2) is 45.6 Å². The van der Waals surface area contributed by atoms with Crippen LogP contribution in [-0.2, 0) is 41.2 Å². The van der Waals surface area contributed by atoms with Crippen molar-refractivity contribution in [1.82, 2.24) is 20.4 Å². The Labute approximate surface area is 194 Å². The standard InChI is InChI=1S/C19H17N5O7S3/c25-32(26,16-11-20-23-19(16)34(29,30)15-9-5-2-6-10-15)12-17-21-22-18(31-17)13-33(27,28)24-14-7-3-1-4-8-14/h1-11,24H,12-13H2,(H,20,23). The fraction of sp³-hybridized carbons (Fsp3) is 0.105. The van der Waals surface area contributed by atoms with Crippen molar-refractivity contribution in [3.05, 3.63) is 78.6 Å². The van der Waals surface area contributed by atoms with Crippen LogP contribution in [0, 0.1) is 0 Å². The van der Waals surface area contributed by atoms with E-state index in [1.807, 2.05) is 0 Å². The number of hydrogen-bond acceptors (Lipinski definition) is 10. The van der Waals surface area contributed by atoms with Crippen molar-refractivity contribution < 1.29 is 29.7 Å². The van der Waals surface area contributed by atoms with Crippen molar-refractivity contribution in [1.29, 1.82) is 0 Å². The minimum absolute atomic E-state index is 0.119. The number of aromatic amines is 1. The van der Waals surface area contributed by atoms with Gasteiger partial charge in [0.25, 0.3) is 0 Å². The molecule has 15 heteroatoms. The van der Waals surface area contributed by atoms with Crippen molar-refractivity contribution in [3.63, 3.8) is 0 Å². The Bertz CT molecular complexity index is 1610. The molecule has 178 valence electrons. The van der Waals surface area contributed by atoms with Gasteiger partial charge in [0.1, 0.15) is 16.4 Å². The molecule has 2 N–H and O–H groups in total. The average Bonchev–Trinajstić information content (AvgIpc) is 3.45. The lowest BCUT2D eigenvalue weighted by molar-refractivity contribution is 0.472. The summed E-state index contributed by atoms with van der Waals surface area (Å²) in [6.45, 7) is 0. The summed E-state index contributed by atoms with van der Waals surface area (Å²) < 4.78 is 83.7. The minimum atomic E-state index is -4.30. The lowest BCUT2D eigenvalue weighted by atomic mass is 10.3. The van der Waals surface area contributed by atoms with Gasteiger partial charge < -0.3 is 4.42 Å². The molecule has 0 spiro atoms. The minimum Gasteiger partial charge on any atom is -0.423 e. The maximum atomic E-state index is 12.9. The van der Waals surface area contributed by atoms with E-state index in [-0.39, 0.29) is 10.8 Å². The van der Waals surface area contributed by atoms with Crippen LogP contribution in [0.2, 0.25) is 0 Å². The fourth-order valence-electron chi connectivity index (χ4n) is 2.92. The molecule has 0 aliphatic carbocycles. The molecule has 2 aromatic heterocycles. The number of H-pyrrole nitrogens is 1. The summed E-state index contributed by atoms with van der Waals surface area (Å²) in [4.78, 5) is -0.693. The summed E-state index contributed by atoms with van der Waals surface area (Å²) in [7, 11) is -12.4. The summed E-state index contributed by atoms with van der Waals surface area (Å²) in [5, 5.41) is 12.4. The summed E-state index contributed by atoms with van der Waals surface area (Å²) in [5.74, 6) is -2.29. The first-order valence-electron chi connectivity index (χ1n) is 9.50. The van der Waals surface area contributed by atoms with E-state index in [0.717, 1.165) is 6.20 Å². The molecule has 0 aliphatic heterocycles. The lowest BCUT2D eigenvalue weighted by Gasteiger charge is -2.06. The van der Waals surface area contributed by atoms with E-state index < -0.39 is 57.0 Å². The van der Waals surface area contributed by atoms with Crippen molar-refractivity contribution in [2.45, 2.75) is 26.3 Å². The van der Waals surface area contributed by atoms with E-state index in [0.29, 0.717) is 5.69 Å². The molecule has 0 amide bonds. The zero-order chi connectivity index (χ0) is 24.4. The van der Waals surface area contributed by atoms with Crippen LogP contribution in [0.5, 0.6) is 0 Å². The molecule has 4 aromatic rings. The van der Waals surface area contributed by atoms with E-state index in [1.165, 1.54) is 24.3 Å². The third-order valence-corrected chi connectivity index (χ3v) is 9.06. The van der Waals surface area contributed by atoms with E-state index in [1.54, 1.807) is 36.4 Å². The van der Waals surface area contributed by atoms with Gasteiger partial charge in [0.2, 0.25) is 31.6 Å². The van der Waals surface area contributed by atoms with Gasteiger partial charge in [-0.15, -0.1) is 10.2 Å². The first-order valence-corrected chi connectivity index (χ1v) is 14.3. The second-order valence-corrected chi connectivity index (χ2v) is 12.5.